The fraction of sp³-hybridized carbons (Fsp3) is 1.00. The van der Waals surface area contributed by atoms with Crippen molar-refractivity contribution in [3.05, 3.63) is 0 Å². The van der Waals surface area contributed by atoms with Crippen molar-refractivity contribution in [1.29, 1.82) is 0 Å². The van der Waals surface area contributed by atoms with Gasteiger partial charge in [0, 0.05) is 31.3 Å². The fourth-order valence-electron chi connectivity index (χ4n) is 3.04. The van der Waals surface area contributed by atoms with E-state index in [0.717, 1.165) is 25.7 Å². The highest BCUT2D eigenvalue weighted by molar-refractivity contribution is 4.90. The molecule has 2 heterocycles. The molecule has 0 amide bonds. The highest BCUT2D eigenvalue weighted by Gasteiger charge is 2.35. The van der Waals surface area contributed by atoms with Crippen molar-refractivity contribution in [1.82, 2.24) is 10.2 Å². The van der Waals surface area contributed by atoms with Gasteiger partial charge in [0.25, 0.3) is 0 Å². The summed E-state index contributed by atoms with van der Waals surface area (Å²) in [6.07, 6.45) is 3.76. The Hall–Kier alpha value is -0.120. The highest BCUT2D eigenvalue weighted by Crippen LogP contribution is 2.27. The molecule has 17 heavy (non-hydrogen) atoms. The van der Waals surface area contributed by atoms with Gasteiger partial charge in [0.1, 0.15) is 0 Å². The van der Waals surface area contributed by atoms with E-state index in [1.807, 2.05) is 0 Å². The standard InChI is InChI=1S/C14H28N2O/c1-12-9-15-13(2)5-7-16(10-12)14(3)6-4-8-17-11-14/h12-13,15H,4-11H2,1-3H3. The third-order valence-electron chi connectivity index (χ3n) is 4.36. The van der Waals surface area contributed by atoms with Gasteiger partial charge in [-0.3, -0.25) is 4.90 Å². The van der Waals surface area contributed by atoms with Gasteiger partial charge in [-0.15, -0.1) is 0 Å². The van der Waals surface area contributed by atoms with Crippen LogP contribution in [0, 0.1) is 5.92 Å². The third-order valence-corrected chi connectivity index (χ3v) is 4.36. The zero-order valence-electron chi connectivity index (χ0n) is 11.7. The monoisotopic (exact) mass is 240 g/mol. The molecule has 2 fully saturated rings. The Bertz CT molecular complexity index is 238. The molecule has 3 nitrogen and oxygen atoms in total. The number of hydrogen-bond donors (Lipinski definition) is 1. The lowest BCUT2D eigenvalue weighted by molar-refractivity contribution is -0.0480. The summed E-state index contributed by atoms with van der Waals surface area (Å²) in [6, 6.07) is 0.647. The Morgan fingerprint density at radius 2 is 2.18 bits per heavy atom. The predicted molar refractivity (Wildman–Crippen MR) is 71.3 cm³/mol. The summed E-state index contributed by atoms with van der Waals surface area (Å²) in [7, 11) is 0. The summed E-state index contributed by atoms with van der Waals surface area (Å²) in [5.41, 5.74) is 0.281. The van der Waals surface area contributed by atoms with Crippen molar-refractivity contribution >= 4 is 0 Å². The molecule has 3 heteroatoms. The molecule has 0 radical (unpaired) electrons. The zero-order valence-corrected chi connectivity index (χ0v) is 11.7. The molecule has 100 valence electrons. The number of rotatable bonds is 1. The van der Waals surface area contributed by atoms with Crippen LogP contribution in [0.25, 0.3) is 0 Å². The summed E-state index contributed by atoms with van der Waals surface area (Å²) >= 11 is 0. The van der Waals surface area contributed by atoms with E-state index in [-0.39, 0.29) is 5.54 Å². The average Bonchev–Trinajstić information content (AvgIpc) is 2.30. The molecule has 0 aromatic heterocycles. The van der Waals surface area contributed by atoms with E-state index in [0.29, 0.717) is 6.04 Å². The molecule has 0 spiro atoms. The van der Waals surface area contributed by atoms with E-state index in [1.54, 1.807) is 0 Å². The minimum Gasteiger partial charge on any atom is -0.380 e. The van der Waals surface area contributed by atoms with Gasteiger partial charge in [-0.1, -0.05) is 6.92 Å². The summed E-state index contributed by atoms with van der Waals surface area (Å²) in [4.78, 5) is 2.69. The van der Waals surface area contributed by atoms with Crippen LogP contribution in [0.5, 0.6) is 0 Å². The second kappa shape index (κ2) is 5.68. The van der Waals surface area contributed by atoms with E-state index in [4.69, 9.17) is 4.74 Å². The molecule has 3 atom stereocenters. The van der Waals surface area contributed by atoms with Gasteiger partial charge in [0.2, 0.25) is 0 Å². The molecular formula is C14H28N2O. The first-order chi connectivity index (χ1) is 8.10. The van der Waals surface area contributed by atoms with Crippen LogP contribution < -0.4 is 5.32 Å². The normalized spacial score (nSPS) is 41.8. The molecule has 0 aromatic carbocycles. The van der Waals surface area contributed by atoms with E-state index in [1.165, 1.54) is 32.4 Å². The van der Waals surface area contributed by atoms with Crippen molar-refractivity contribution in [3.8, 4) is 0 Å². The van der Waals surface area contributed by atoms with Crippen LogP contribution in [0.1, 0.15) is 40.0 Å². The van der Waals surface area contributed by atoms with Gasteiger partial charge in [0.05, 0.1) is 6.61 Å². The van der Waals surface area contributed by atoms with Crippen LogP contribution >= 0.6 is 0 Å². The van der Waals surface area contributed by atoms with Crippen LogP contribution in [0.4, 0.5) is 0 Å². The van der Waals surface area contributed by atoms with Crippen LogP contribution in [0.15, 0.2) is 0 Å². The molecule has 2 saturated heterocycles. The Morgan fingerprint density at radius 3 is 2.88 bits per heavy atom. The van der Waals surface area contributed by atoms with Gasteiger partial charge in [0.15, 0.2) is 0 Å². The maximum Gasteiger partial charge on any atom is 0.0647 e. The predicted octanol–water partition coefficient (Wildman–Crippen LogP) is 1.88. The first-order valence-corrected chi connectivity index (χ1v) is 7.16. The topological polar surface area (TPSA) is 24.5 Å². The van der Waals surface area contributed by atoms with E-state index in [9.17, 15) is 0 Å². The van der Waals surface area contributed by atoms with Crippen molar-refractivity contribution in [3.63, 3.8) is 0 Å². The maximum absolute atomic E-state index is 5.72. The van der Waals surface area contributed by atoms with Crippen LogP contribution in [-0.2, 0) is 4.74 Å². The zero-order chi connectivity index (χ0) is 12.3. The van der Waals surface area contributed by atoms with E-state index >= 15 is 0 Å². The van der Waals surface area contributed by atoms with Gasteiger partial charge in [-0.25, -0.2) is 0 Å². The molecule has 0 bridgehead atoms. The highest BCUT2D eigenvalue weighted by atomic mass is 16.5. The van der Waals surface area contributed by atoms with Crippen molar-refractivity contribution < 1.29 is 4.74 Å². The fourth-order valence-corrected chi connectivity index (χ4v) is 3.04. The summed E-state index contributed by atoms with van der Waals surface area (Å²) in [6.45, 7) is 12.5. The third kappa shape index (κ3) is 3.43. The van der Waals surface area contributed by atoms with E-state index in [2.05, 4.69) is 31.0 Å². The Kier molecular flexibility index (Phi) is 4.45. The number of hydrogen-bond acceptors (Lipinski definition) is 3. The lowest BCUT2D eigenvalue weighted by Crippen LogP contribution is -2.56. The molecule has 0 saturated carbocycles. The van der Waals surface area contributed by atoms with Gasteiger partial charge < -0.3 is 10.1 Å². The molecular weight excluding hydrogens is 212 g/mol. The first kappa shape index (κ1) is 13.3. The lowest BCUT2D eigenvalue weighted by atomic mass is 9.90. The summed E-state index contributed by atoms with van der Waals surface area (Å²) in [5.74, 6) is 0.733. The number of nitrogens with zero attached hydrogens (tertiary/aromatic N) is 1. The summed E-state index contributed by atoms with van der Waals surface area (Å²) < 4.78 is 5.72. The molecule has 1 N–H and O–H groups in total. The Morgan fingerprint density at radius 1 is 1.35 bits per heavy atom. The van der Waals surface area contributed by atoms with Crippen molar-refractivity contribution in [2.75, 3.05) is 32.8 Å². The van der Waals surface area contributed by atoms with Crippen LogP contribution in [-0.4, -0.2) is 49.3 Å². The summed E-state index contributed by atoms with van der Waals surface area (Å²) in [5, 5.41) is 3.61. The second-order valence-electron chi connectivity index (χ2n) is 6.30. The largest absolute Gasteiger partial charge is 0.380 e. The van der Waals surface area contributed by atoms with Gasteiger partial charge in [-0.2, -0.15) is 0 Å². The maximum atomic E-state index is 5.72. The smallest absolute Gasteiger partial charge is 0.0647 e. The molecule has 2 aliphatic heterocycles. The quantitative estimate of drug-likeness (QED) is 0.757. The van der Waals surface area contributed by atoms with E-state index < -0.39 is 0 Å². The number of nitrogens with one attached hydrogen (secondary N) is 1. The minimum atomic E-state index is 0.281. The second-order valence-corrected chi connectivity index (χ2v) is 6.30. The first-order valence-electron chi connectivity index (χ1n) is 7.16. The molecule has 0 aliphatic carbocycles. The molecule has 2 rings (SSSR count). The Balaban J connectivity index is 2.00. The molecule has 0 aromatic rings. The Labute approximate surface area is 106 Å². The molecule has 3 unspecified atom stereocenters. The van der Waals surface area contributed by atoms with Crippen LogP contribution in [0.2, 0.25) is 0 Å². The molecule has 2 aliphatic rings. The number of ether oxygens (including phenoxy) is 1. The van der Waals surface area contributed by atoms with Gasteiger partial charge in [-0.05, 0) is 45.6 Å². The SMILES string of the molecule is CC1CNC(C)CCN(C2(C)CCCOC2)C1. The lowest BCUT2D eigenvalue weighted by Gasteiger charge is -2.46. The van der Waals surface area contributed by atoms with Crippen molar-refractivity contribution in [2.45, 2.75) is 51.6 Å². The van der Waals surface area contributed by atoms with Gasteiger partial charge >= 0.3 is 0 Å². The van der Waals surface area contributed by atoms with Crippen molar-refractivity contribution in [2.24, 2.45) is 5.92 Å². The minimum absolute atomic E-state index is 0.281. The average molecular weight is 240 g/mol. The van der Waals surface area contributed by atoms with Crippen LogP contribution in [0.3, 0.4) is 0 Å².